The van der Waals surface area contributed by atoms with Gasteiger partial charge < -0.3 is 14.4 Å². The van der Waals surface area contributed by atoms with E-state index in [0.29, 0.717) is 25.3 Å². The molecule has 1 atom stereocenters. The third kappa shape index (κ3) is 3.57. The van der Waals surface area contributed by atoms with E-state index < -0.39 is 5.60 Å². The number of aromatic nitrogens is 2. The number of nitrogens with zero attached hydrogens (tertiary/aromatic N) is 3. The first-order chi connectivity index (χ1) is 11.8. The van der Waals surface area contributed by atoms with Gasteiger partial charge in [0.05, 0.1) is 18.3 Å². The minimum Gasteiger partial charge on any atom is -0.382 e. The number of ether oxygens (including phenoxy) is 2. The SMILES string of the molecule is COC[C@H]1CN(C(=O)c2cnc3cc(C)ccn3c2=O)CC(C)(C)O1. The Labute approximate surface area is 146 Å². The first-order valence-electron chi connectivity index (χ1n) is 8.25. The van der Waals surface area contributed by atoms with Gasteiger partial charge in [0.1, 0.15) is 11.2 Å². The van der Waals surface area contributed by atoms with Crippen LogP contribution in [-0.4, -0.2) is 58.7 Å². The highest BCUT2D eigenvalue weighted by Crippen LogP contribution is 2.22. The second-order valence-electron chi connectivity index (χ2n) is 7.05. The van der Waals surface area contributed by atoms with E-state index in [2.05, 4.69) is 4.98 Å². The van der Waals surface area contributed by atoms with Crippen LogP contribution in [0.2, 0.25) is 0 Å². The van der Waals surface area contributed by atoms with Crippen LogP contribution in [0.15, 0.2) is 29.3 Å². The number of hydrogen-bond donors (Lipinski definition) is 0. The van der Waals surface area contributed by atoms with Crippen molar-refractivity contribution >= 4 is 11.6 Å². The van der Waals surface area contributed by atoms with Crippen molar-refractivity contribution in [2.75, 3.05) is 26.8 Å². The number of morpholine rings is 1. The zero-order chi connectivity index (χ0) is 18.2. The van der Waals surface area contributed by atoms with Crippen molar-refractivity contribution < 1.29 is 14.3 Å². The zero-order valence-electron chi connectivity index (χ0n) is 15.0. The summed E-state index contributed by atoms with van der Waals surface area (Å²) < 4.78 is 12.5. The molecule has 1 saturated heterocycles. The van der Waals surface area contributed by atoms with Gasteiger partial charge in [-0.25, -0.2) is 4.98 Å². The Bertz CT molecular complexity index is 859. The van der Waals surface area contributed by atoms with Gasteiger partial charge in [0, 0.05) is 32.6 Å². The summed E-state index contributed by atoms with van der Waals surface area (Å²) in [5.41, 5.74) is 0.733. The maximum atomic E-state index is 12.9. The Kier molecular flexibility index (Phi) is 4.62. The molecule has 2 aromatic rings. The predicted octanol–water partition coefficient (Wildman–Crippen LogP) is 1.27. The molecular weight excluding hydrogens is 322 g/mol. The molecule has 1 aliphatic heterocycles. The number of aryl methyl sites for hydroxylation is 1. The van der Waals surface area contributed by atoms with Crippen LogP contribution in [0.25, 0.3) is 5.65 Å². The fourth-order valence-corrected chi connectivity index (χ4v) is 3.22. The van der Waals surface area contributed by atoms with Crippen LogP contribution in [0.1, 0.15) is 29.8 Å². The van der Waals surface area contributed by atoms with Gasteiger partial charge in [0.2, 0.25) is 0 Å². The standard InChI is InChI=1S/C18H23N3O4/c1-12-5-6-21-15(7-12)19-8-14(17(21)23)16(22)20-9-13(10-24-4)25-18(2,3)11-20/h5-8,13H,9-11H2,1-4H3/t13-/m1/s1. The fraction of sp³-hybridized carbons (Fsp3) is 0.500. The van der Waals surface area contributed by atoms with E-state index in [9.17, 15) is 9.59 Å². The van der Waals surface area contributed by atoms with Crippen LogP contribution in [0.4, 0.5) is 0 Å². The molecule has 0 bridgehead atoms. The van der Waals surface area contributed by atoms with Gasteiger partial charge in [-0.05, 0) is 38.5 Å². The second-order valence-corrected chi connectivity index (χ2v) is 7.05. The lowest BCUT2D eigenvalue weighted by Gasteiger charge is -2.42. The average Bonchev–Trinajstić information content (AvgIpc) is 2.53. The summed E-state index contributed by atoms with van der Waals surface area (Å²) in [5.74, 6) is -0.329. The van der Waals surface area contributed by atoms with E-state index in [0.717, 1.165) is 5.56 Å². The van der Waals surface area contributed by atoms with Crippen molar-refractivity contribution in [3.8, 4) is 0 Å². The first-order valence-corrected chi connectivity index (χ1v) is 8.25. The molecule has 1 fully saturated rings. The Balaban J connectivity index is 1.94. The van der Waals surface area contributed by atoms with E-state index in [4.69, 9.17) is 9.47 Å². The number of pyridine rings is 1. The molecule has 1 aliphatic rings. The highest BCUT2D eigenvalue weighted by molar-refractivity contribution is 5.94. The van der Waals surface area contributed by atoms with Gasteiger partial charge in [0.15, 0.2) is 0 Å². The van der Waals surface area contributed by atoms with Crippen LogP contribution in [0.3, 0.4) is 0 Å². The van der Waals surface area contributed by atoms with Gasteiger partial charge in [-0.3, -0.25) is 14.0 Å². The lowest BCUT2D eigenvalue weighted by molar-refractivity contribution is -0.143. The summed E-state index contributed by atoms with van der Waals surface area (Å²) in [6, 6.07) is 3.62. The van der Waals surface area contributed by atoms with Gasteiger partial charge in [-0.15, -0.1) is 0 Å². The Hall–Kier alpha value is -2.25. The molecule has 0 N–H and O–H groups in total. The van der Waals surface area contributed by atoms with Gasteiger partial charge in [0.25, 0.3) is 11.5 Å². The largest absolute Gasteiger partial charge is 0.382 e. The Morgan fingerprint density at radius 2 is 2.24 bits per heavy atom. The molecule has 0 unspecified atom stereocenters. The summed E-state index contributed by atoms with van der Waals surface area (Å²) in [6.45, 7) is 6.94. The van der Waals surface area contributed by atoms with E-state index in [1.807, 2.05) is 32.9 Å². The van der Waals surface area contributed by atoms with Crippen molar-refractivity contribution in [3.63, 3.8) is 0 Å². The number of amides is 1. The molecule has 0 aromatic carbocycles. The normalized spacial score (nSPS) is 20.0. The van der Waals surface area contributed by atoms with Crippen molar-refractivity contribution in [2.45, 2.75) is 32.5 Å². The van der Waals surface area contributed by atoms with Crippen molar-refractivity contribution in [1.29, 1.82) is 0 Å². The third-order valence-electron chi connectivity index (χ3n) is 4.22. The summed E-state index contributed by atoms with van der Waals surface area (Å²) in [4.78, 5) is 31.6. The maximum Gasteiger partial charge on any atom is 0.270 e. The molecule has 1 amide bonds. The highest BCUT2D eigenvalue weighted by atomic mass is 16.5. The minimum atomic E-state index is -0.505. The minimum absolute atomic E-state index is 0.0650. The molecule has 0 aliphatic carbocycles. The smallest absolute Gasteiger partial charge is 0.270 e. The lowest BCUT2D eigenvalue weighted by atomic mass is 10.0. The summed E-state index contributed by atoms with van der Waals surface area (Å²) in [5, 5.41) is 0. The monoisotopic (exact) mass is 345 g/mol. The molecule has 3 rings (SSSR count). The van der Waals surface area contributed by atoms with Crippen LogP contribution in [0.5, 0.6) is 0 Å². The highest BCUT2D eigenvalue weighted by Gasteiger charge is 2.36. The molecule has 7 heteroatoms. The summed E-state index contributed by atoms with van der Waals surface area (Å²) in [7, 11) is 1.60. The van der Waals surface area contributed by atoms with Gasteiger partial charge in [-0.2, -0.15) is 0 Å². The molecule has 2 aromatic heterocycles. The van der Waals surface area contributed by atoms with Crippen LogP contribution >= 0.6 is 0 Å². The van der Waals surface area contributed by atoms with Gasteiger partial charge in [-0.1, -0.05) is 0 Å². The summed E-state index contributed by atoms with van der Waals surface area (Å²) >= 11 is 0. The number of rotatable bonds is 3. The fourth-order valence-electron chi connectivity index (χ4n) is 3.22. The topological polar surface area (TPSA) is 73.1 Å². The number of carbonyl (C=O) groups excluding carboxylic acids is 1. The van der Waals surface area contributed by atoms with Crippen LogP contribution in [-0.2, 0) is 9.47 Å². The Morgan fingerprint density at radius 1 is 1.48 bits per heavy atom. The predicted molar refractivity (Wildman–Crippen MR) is 92.9 cm³/mol. The van der Waals surface area contributed by atoms with E-state index in [-0.39, 0.29) is 23.1 Å². The number of methoxy groups -OCH3 is 1. The molecular formula is C18H23N3O4. The molecule has 7 nitrogen and oxygen atoms in total. The zero-order valence-corrected chi connectivity index (χ0v) is 15.0. The lowest BCUT2D eigenvalue weighted by Crippen LogP contribution is -2.56. The van der Waals surface area contributed by atoms with Crippen molar-refractivity contribution in [3.05, 3.63) is 46.0 Å². The first kappa shape index (κ1) is 17.6. The summed E-state index contributed by atoms with van der Waals surface area (Å²) in [6.07, 6.45) is 2.79. The van der Waals surface area contributed by atoms with Crippen LogP contribution in [0, 0.1) is 6.92 Å². The average molecular weight is 345 g/mol. The molecule has 0 radical (unpaired) electrons. The van der Waals surface area contributed by atoms with Gasteiger partial charge >= 0.3 is 0 Å². The molecule has 0 saturated carbocycles. The van der Waals surface area contributed by atoms with E-state index in [1.54, 1.807) is 18.2 Å². The second kappa shape index (κ2) is 6.57. The van der Waals surface area contributed by atoms with Crippen molar-refractivity contribution in [2.24, 2.45) is 0 Å². The Morgan fingerprint density at radius 3 is 2.96 bits per heavy atom. The van der Waals surface area contributed by atoms with E-state index >= 15 is 0 Å². The number of fused-ring (bicyclic) bond motifs is 1. The molecule has 3 heterocycles. The van der Waals surface area contributed by atoms with Crippen LogP contribution < -0.4 is 5.56 Å². The van der Waals surface area contributed by atoms with E-state index in [1.165, 1.54) is 10.6 Å². The molecule has 0 spiro atoms. The molecule has 25 heavy (non-hydrogen) atoms. The maximum absolute atomic E-state index is 12.9. The van der Waals surface area contributed by atoms with Crippen molar-refractivity contribution in [1.82, 2.24) is 14.3 Å². The quantitative estimate of drug-likeness (QED) is 0.838. The number of hydrogen-bond acceptors (Lipinski definition) is 5. The molecule has 134 valence electrons. The number of carbonyl (C=O) groups is 1. The third-order valence-corrected chi connectivity index (χ3v) is 4.22.